The Morgan fingerprint density at radius 3 is 2.72 bits per heavy atom. The molecule has 0 bridgehead atoms. The van der Waals surface area contributed by atoms with E-state index in [4.69, 9.17) is 10.1 Å². The topological polar surface area (TPSA) is 66.3 Å². The molecule has 0 radical (unpaired) electrons. The van der Waals surface area contributed by atoms with Gasteiger partial charge in [0.15, 0.2) is 5.65 Å². The van der Waals surface area contributed by atoms with E-state index in [1.165, 1.54) is 16.6 Å². The van der Waals surface area contributed by atoms with Crippen molar-refractivity contribution in [1.82, 2.24) is 24.5 Å². The van der Waals surface area contributed by atoms with E-state index >= 15 is 0 Å². The Kier molecular flexibility index (Phi) is 4.28. The second kappa shape index (κ2) is 7.19. The van der Waals surface area contributed by atoms with E-state index in [2.05, 4.69) is 36.2 Å². The number of hydrogen-bond donors (Lipinski definition) is 1. The summed E-state index contributed by atoms with van der Waals surface area (Å²) in [6.07, 6.45) is 2.03. The van der Waals surface area contributed by atoms with Crippen LogP contribution in [0.1, 0.15) is 34.6 Å². The molecule has 1 N–H and O–H groups in total. The van der Waals surface area contributed by atoms with Crippen LogP contribution in [0.4, 0.5) is 0 Å². The smallest absolute Gasteiger partial charge is 0.223 e. The molecule has 0 unspecified atom stereocenters. The van der Waals surface area contributed by atoms with Gasteiger partial charge in [0.25, 0.3) is 0 Å². The predicted molar refractivity (Wildman–Crippen MR) is 126 cm³/mol. The zero-order valence-electron chi connectivity index (χ0n) is 18.4. The molecule has 0 saturated heterocycles. The molecule has 6 nitrogen and oxygen atoms in total. The van der Waals surface area contributed by atoms with Crippen molar-refractivity contribution in [3.8, 4) is 0 Å². The minimum atomic E-state index is 0.199. The summed E-state index contributed by atoms with van der Waals surface area (Å²) in [7, 11) is 0. The van der Waals surface area contributed by atoms with Crippen LogP contribution in [0.25, 0.3) is 27.5 Å². The molecule has 0 atom stereocenters. The monoisotopic (exact) mass is 423 g/mol. The van der Waals surface area contributed by atoms with Crippen molar-refractivity contribution in [2.24, 2.45) is 0 Å². The average Bonchev–Trinajstić information content (AvgIpc) is 3.37. The molecule has 6 rings (SSSR count). The van der Waals surface area contributed by atoms with Crippen molar-refractivity contribution in [1.29, 1.82) is 0 Å². The molecule has 1 aliphatic heterocycles. The minimum absolute atomic E-state index is 0.199. The lowest BCUT2D eigenvalue weighted by Crippen LogP contribution is -2.36. The normalized spacial score (nSPS) is 13.9. The number of rotatable bonds is 3. The van der Waals surface area contributed by atoms with Crippen molar-refractivity contribution in [3.05, 3.63) is 76.7 Å². The molecule has 0 saturated carbocycles. The van der Waals surface area contributed by atoms with Crippen LogP contribution in [0.15, 0.2) is 48.5 Å². The van der Waals surface area contributed by atoms with Crippen LogP contribution >= 0.6 is 0 Å². The molecule has 1 amide bonds. The van der Waals surface area contributed by atoms with Gasteiger partial charge in [0.2, 0.25) is 5.91 Å². The van der Waals surface area contributed by atoms with E-state index in [0.29, 0.717) is 19.4 Å². The first-order chi connectivity index (χ1) is 15.6. The maximum atomic E-state index is 13.1. The van der Waals surface area contributed by atoms with Crippen LogP contribution < -0.4 is 0 Å². The second-order valence-corrected chi connectivity index (χ2v) is 8.71. The second-order valence-electron chi connectivity index (χ2n) is 8.71. The average molecular weight is 424 g/mol. The van der Waals surface area contributed by atoms with E-state index < -0.39 is 0 Å². The first-order valence-corrected chi connectivity index (χ1v) is 11.2. The minimum Gasteiger partial charge on any atom is -0.358 e. The van der Waals surface area contributed by atoms with Crippen LogP contribution in [0.2, 0.25) is 0 Å². The number of aromatic amines is 1. The van der Waals surface area contributed by atoms with Crippen molar-refractivity contribution < 1.29 is 4.79 Å². The molecular weight excluding hydrogens is 398 g/mol. The number of fused-ring (bicyclic) bond motifs is 6. The maximum absolute atomic E-state index is 13.1. The highest BCUT2D eigenvalue weighted by atomic mass is 16.2. The summed E-state index contributed by atoms with van der Waals surface area (Å²) in [5, 5.41) is 7.03. The van der Waals surface area contributed by atoms with Gasteiger partial charge >= 0.3 is 0 Å². The lowest BCUT2D eigenvalue weighted by atomic mass is 10.0. The van der Waals surface area contributed by atoms with Crippen LogP contribution in [0, 0.1) is 13.8 Å². The predicted octanol–water partition coefficient (Wildman–Crippen LogP) is 4.50. The molecule has 0 spiro atoms. The quantitative estimate of drug-likeness (QED) is 0.465. The first-order valence-electron chi connectivity index (χ1n) is 11.2. The van der Waals surface area contributed by atoms with Crippen LogP contribution in [-0.2, 0) is 24.2 Å². The SMILES string of the molecule is Cc1nc2c3ccccc3nn2c(C)c1CCC(=O)N1CCc2[nH]c3ccccc3c2C1. The zero-order valence-corrected chi connectivity index (χ0v) is 18.4. The highest BCUT2D eigenvalue weighted by Crippen LogP contribution is 2.28. The molecule has 0 aliphatic carbocycles. The third-order valence-electron chi connectivity index (χ3n) is 6.84. The zero-order chi connectivity index (χ0) is 21.8. The van der Waals surface area contributed by atoms with Crippen molar-refractivity contribution >= 4 is 33.4 Å². The highest BCUT2D eigenvalue weighted by molar-refractivity contribution is 5.92. The summed E-state index contributed by atoms with van der Waals surface area (Å²) in [5.41, 5.74) is 8.67. The summed E-state index contributed by atoms with van der Waals surface area (Å²) in [6.45, 7) is 5.55. The molecule has 6 heteroatoms. The first kappa shape index (κ1) is 19.0. The van der Waals surface area contributed by atoms with E-state index in [9.17, 15) is 4.79 Å². The number of carbonyl (C=O) groups is 1. The van der Waals surface area contributed by atoms with Crippen molar-refractivity contribution in [2.45, 2.75) is 39.7 Å². The number of carbonyl (C=O) groups excluding carboxylic acids is 1. The van der Waals surface area contributed by atoms with Gasteiger partial charge in [0.1, 0.15) is 0 Å². The lowest BCUT2D eigenvalue weighted by molar-refractivity contribution is -0.132. The maximum Gasteiger partial charge on any atom is 0.223 e. The van der Waals surface area contributed by atoms with Gasteiger partial charge in [-0.2, -0.15) is 5.10 Å². The van der Waals surface area contributed by atoms with Crippen molar-refractivity contribution in [2.75, 3.05) is 6.54 Å². The third kappa shape index (κ3) is 2.90. The Morgan fingerprint density at radius 1 is 1.06 bits per heavy atom. The number of hydrogen-bond acceptors (Lipinski definition) is 3. The van der Waals surface area contributed by atoms with E-state index in [1.54, 1.807) is 0 Å². The number of aromatic nitrogens is 4. The van der Waals surface area contributed by atoms with Gasteiger partial charge in [-0.05, 0) is 44.0 Å². The van der Waals surface area contributed by atoms with E-state index in [0.717, 1.165) is 52.0 Å². The Labute approximate surface area is 185 Å². The number of amides is 1. The van der Waals surface area contributed by atoms with Gasteiger partial charge in [-0.3, -0.25) is 4.79 Å². The fourth-order valence-electron chi connectivity index (χ4n) is 5.11. The summed E-state index contributed by atoms with van der Waals surface area (Å²) in [6, 6.07) is 16.4. The Balaban J connectivity index is 1.25. The van der Waals surface area contributed by atoms with Gasteiger partial charge in [-0.15, -0.1) is 0 Å². The number of aryl methyl sites for hydroxylation is 2. The number of benzene rings is 2. The Morgan fingerprint density at radius 2 is 1.84 bits per heavy atom. The number of nitrogens with one attached hydrogen (secondary N) is 1. The summed E-state index contributed by atoms with van der Waals surface area (Å²) < 4.78 is 1.93. The molecule has 3 aromatic heterocycles. The van der Waals surface area contributed by atoms with Crippen LogP contribution in [-0.4, -0.2) is 36.9 Å². The van der Waals surface area contributed by atoms with Gasteiger partial charge in [-0.25, -0.2) is 9.50 Å². The Hall–Kier alpha value is -3.67. The molecular formula is C26H25N5O. The molecule has 160 valence electrons. The third-order valence-corrected chi connectivity index (χ3v) is 6.84. The fraction of sp³-hybridized carbons (Fsp3) is 0.269. The van der Waals surface area contributed by atoms with Gasteiger partial charge in [-0.1, -0.05) is 30.3 Å². The number of nitrogens with zero attached hydrogens (tertiary/aromatic N) is 4. The van der Waals surface area contributed by atoms with Crippen LogP contribution in [0.3, 0.4) is 0 Å². The summed E-state index contributed by atoms with van der Waals surface area (Å²) >= 11 is 0. The van der Waals surface area contributed by atoms with Gasteiger partial charge < -0.3 is 9.88 Å². The molecule has 0 fully saturated rings. The van der Waals surface area contributed by atoms with E-state index in [1.807, 2.05) is 40.6 Å². The number of H-pyrrole nitrogens is 1. The number of para-hydroxylation sites is 1. The van der Waals surface area contributed by atoms with Crippen LogP contribution in [0.5, 0.6) is 0 Å². The lowest BCUT2D eigenvalue weighted by Gasteiger charge is -2.27. The van der Waals surface area contributed by atoms with Crippen molar-refractivity contribution in [3.63, 3.8) is 0 Å². The molecule has 5 aromatic rings. The van der Waals surface area contributed by atoms with Gasteiger partial charge in [0.05, 0.1) is 5.52 Å². The molecule has 4 heterocycles. The summed E-state index contributed by atoms with van der Waals surface area (Å²) in [5.74, 6) is 0.199. The fourth-order valence-corrected chi connectivity index (χ4v) is 5.11. The summed E-state index contributed by atoms with van der Waals surface area (Å²) in [4.78, 5) is 23.5. The molecule has 2 aromatic carbocycles. The van der Waals surface area contributed by atoms with E-state index in [-0.39, 0.29) is 5.91 Å². The molecule has 32 heavy (non-hydrogen) atoms. The standard InChI is InChI=1S/C26H25N5O/c1-16-18(17(2)31-26(27-16)20-8-4-6-10-24(20)29-31)11-12-25(32)30-14-13-23-21(15-30)19-7-3-5-9-22(19)28-23/h3-10,28H,11-15H2,1-2H3. The molecule has 1 aliphatic rings. The van der Waals surface area contributed by atoms with Gasteiger partial charge in [0, 0.05) is 64.9 Å². The Bertz CT molecular complexity index is 1510. The largest absolute Gasteiger partial charge is 0.358 e. The highest BCUT2D eigenvalue weighted by Gasteiger charge is 2.24.